The maximum absolute atomic E-state index is 11.8. The smallest absolute Gasteiger partial charge is 0.325 e. The van der Waals surface area contributed by atoms with Crippen molar-refractivity contribution in [2.24, 2.45) is 5.92 Å². The first kappa shape index (κ1) is 15.8. The van der Waals surface area contributed by atoms with Crippen molar-refractivity contribution < 1.29 is 19.8 Å². The number of halogens is 1. The molecular weight excluding hydrogens is 320 g/mol. The Balaban J connectivity index is 1.91. The first-order valence-electron chi connectivity index (χ1n) is 7.43. The molecule has 1 aliphatic rings. The fourth-order valence-electron chi connectivity index (χ4n) is 3.23. The Kier molecular flexibility index (Phi) is 4.28. The van der Waals surface area contributed by atoms with Crippen molar-refractivity contribution >= 4 is 34.4 Å². The molecule has 3 rings (SSSR count). The molecule has 6 nitrogen and oxygen atoms in total. The van der Waals surface area contributed by atoms with Gasteiger partial charge in [-0.1, -0.05) is 11.6 Å². The van der Waals surface area contributed by atoms with E-state index in [1.165, 1.54) is 0 Å². The van der Waals surface area contributed by atoms with Crippen LogP contribution in [-0.2, 0) is 9.59 Å². The number of carboxylic acid groups (broad SMARTS) is 2. The summed E-state index contributed by atoms with van der Waals surface area (Å²) in [5, 5.41) is 20.1. The molecule has 1 aromatic heterocycles. The minimum absolute atomic E-state index is 0.391. The normalized spacial score (nSPS) is 18.1. The molecule has 0 amide bonds. The van der Waals surface area contributed by atoms with Crippen LogP contribution < -0.4 is 0 Å². The second kappa shape index (κ2) is 6.22. The highest BCUT2D eigenvalue weighted by Gasteiger charge is 2.34. The number of hydrogen-bond acceptors (Lipinski definition) is 3. The molecule has 122 valence electrons. The van der Waals surface area contributed by atoms with Gasteiger partial charge in [0.25, 0.3) is 0 Å². The topological polar surface area (TPSA) is 93.6 Å². The van der Waals surface area contributed by atoms with Gasteiger partial charge in [-0.25, -0.2) is 0 Å². The van der Waals surface area contributed by atoms with Crippen molar-refractivity contribution in [2.45, 2.75) is 18.9 Å². The van der Waals surface area contributed by atoms with Gasteiger partial charge in [0.2, 0.25) is 0 Å². The van der Waals surface area contributed by atoms with Crippen molar-refractivity contribution in [1.29, 1.82) is 0 Å². The van der Waals surface area contributed by atoms with Gasteiger partial charge in [-0.3, -0.25) is 14.5 Å². The highest BCUT2D eigenvalue weighted by Crippen LogP contribution is 2.33. The fraction of sp³-hybridized carbons (Fsp3) is 0.375. The van der Waals surface area contributed by atoms with Gasteiger partial charge in [0.05, 0.1) is 5.92 Å². The van der Waals surface area contributed by atoms with Crippen LogP contribution in [0.25, 0.3) is 10.9 Å². The molecule has 0 unspecified atom stereocenters. The van der Waals surface area contributed by atoms with Crippen LogP contribution in [0.3, 0.4) is 0 Å². The zero-order valence-electron chi connectivity index (χ0n) is 12.3. The molecule has 1 aliphatic heterocycles. The number of aliphatic carboxylic acids is 2. The first-order chi connectivity index (χ1) is 11.0. The van der Waals surface area contributed by atoms with Gasteiger partial charge in [0.1, 0.15) is 6.04 Å². The molecular formula is C16H17ClN2O4. The van der Waals surface area contributed by atoms with E-state index < -0.39 is 23.9 Å². The Bertz CT molecular complexity index is 750. The third-order valence-corrected chi connectivity index (χ3v) is 4.68. The number of carboxylic acids is 2. The number of benzene rings is 1. The number of nitrogens with one attached hydrogen (secondary N) is 1. The molecule has 2 heterocycles. The van der Waals surface area contributed by atoms with E-state index in [9.17, 15) is 14.7 Å². The largest absolute Gasteiger partial charge is 0.481 e. The molecule has 0 saturated carbocycles. The summed E-state index contributed by atoms with van der Waals surface area (Å²) < 4.78 is 0. The van der Waals surface area contributed by atoms with Crippen LogP contribution in [-0.4, -0.2) is 45.1 Å². The van der Waals surface area contributed by atoms with E-state index >= 15 is 0 Å². The molecule has 3 N–H and O–H groups in total. The molecule has 0 spiro atoms. The van der Waals surface area contributed by atoms with E-state index in [-0.39, 0.29) is 0 Å². The van der Waals surface area contributed by atoms with Crippen molar-refractivity contribution in [2.75, 3.05) is 13.1 Å². The Morgan fingerprint density at radius 1 is 1.26 bits per heavy atom. The highest BCUT2D eigenvalue weighted by atomic mass is 35.5. The number of aromatic amines is 1. The summed E-state index contributed by atoms with van der Waals surface area (Å²) >= 11 is 6.03. The summed E-state index contributed by atoms with van der Waals surface area (Å²) in [4.78, 5) is 27.8. The van der Waals surface area contributed by atoms with Crippen LogP contribution in [0.1, 0.15) is 24.4 Å². The van der Waals surface area contributed by atoms with Crippen LogP contribution in [0.2, 0.25) is 5.02 Å². The number of hydrogen-bond donors (Lipinski definition) is 3. The van der Waals surface area contributed by atoms with E-state index in [1.54, 1.807) is 18.3 Å². The predicted molar refractivity (Wildman–Crippen MR) is 85.6 cm³/mol. The number of piperidine rings is 1. The van der Waals surface area contributed by atoms with Gasteiger partial charge < -0.3 is 15.2 Å². The summed E-state index contributed by atoms with van der Waals surface area (Å²) in [6, 6.07) is 4.51. The standard InChI is InChI=1S/C16H17ClN2O4/c17-10-1-2-13-11(7-10)12(8-18-13)14(16(22)23)19-5-3-9(4-6-19)15(20)21/h1-2,7-9,14,18H,3-6H2,(H,20,21)(H,22,23)/t14-/m0/s1. The van der Waals surface area contributed by atoms with Crippen LogP contribution in [0, 0.1) is 5.92 Å². The number of rotatable bonds is 4. The van der Waals surface area contributed by atoms with E-state index in [0.29, 0.717) is 36.5 Å². The minimum Gasteiger partial charge on any atom is -0.481 e. The maximum atomic E-state index is 11.8. The zero-order chi connectivity index (χ0) is 16.6. The average Bonchev–Trinajstić information content (AvgIpc) is 2.91. The molecule has 1 aromatic carbocycles. The second-order valence-electron chi connectivity index (χ2n) is 5.82. The lowest BCUT2D eigenvalue weighted by molar-refractivity contribution is -0.146. The SMILES string of the molecule is O=C(O)C1CCN([C@H](C(=O)O)c2c[nH]c3ccc(Cl)cc23)CC1. The number of likely N-dealkylation sites (tertiary alicyclic amines) is 1. The van der Waals surface area contributed by atoms with Crippen molar-refractivity contribution in [3.05, 3.63) is 35.0 Å². The van der Waals surface area contributed by atoms with Crippen molar-refractivity contribution in [3.63, 3.8) is 0 Å². The Morgan fingerprint density at radius 3 is 2.57 bits per heavy atom. The van der Waals surface area contributed by atoms with Gasteiger partial charge in [0, 0.05) is 40.8 Å². The summed E-state index contributed by atoms with van der Waals surface area (Å²) in [7, 11) is 0. The highest BCUT2D eigenvalue weighted by molar-refractivity contribution is 6.31. The molecule has 23 heavy (non-hydrogen) atoms. The monoisotopic (exact) mass is 336 g/mol. The van der Waals surface area contributed by atoms with Crippen LogP contribution in [0.5, 0.6) is 0 Å². The molecule has 0 radical (unpaired) electrons. The number of nitrogens with zero attached hydrogens (tertiary/aromatic N) is 1. The molecule has 7 heteroatoms. The quantitative estimate of drug-likeness (QED) is 0.798. The van der Waals surface area contributed by atoms with Crippen molar-refractivity contribution in [1.82, 2.24) is 9.88 Å². The molecule has 2 aromatic rings. The Labute approximate surface area is 137 Å². The number of H-pyrrole nitrogens is 1. The first-order valence-corrected chi connectivity index (χ1v) is 7.81. The van der Waals surface area contributed by atoms with E-state index in [0.717, 1.165) is 10.9 Å². The predicted octanol–water partition coefficient (Wildman–Crippen LogP) is 2.74. The molecule has 1 saturated heterocycles. The Morgan fingerprint density at radius 2 is 1.96 bits per heavy atom. The van der Waals surface area contributed by atoms with Crippen molar-refractivity contribution in [3.8, 4) is 0 Å². The van der Waals surface area contributed by atoms with E-state index in [1.807, 2.05) is 11.0 Å². The van der Waals surface area contributed by atoms with Gasteiger partial charge in [-0.05, 0) is 31.0 Å². The van der Waals surface area contributed by atoms with Gasteiger partial charge in [-0.15, -0.1) is 0 Å². The maximum Gasteiger partial charge on any atom is 0.325 e. The molecule has 1 fully saturated rings. The lowest BCUT2D eigenvalue weighted by Gasteiger charge is -2.34. The van der Waals surface area contributed by atoms with Crippen LogP contribution in [0.15, 0.2) is 24.4 Å². The average molecular weight is 337 g/mol. The number of fused-ring (bicyclic) bond motifs is 1. The molecule has 1 atom stereocenters. The number of aromatic nitrogens is 1. The van der Waals surface area contributed by atoms with E-state index in [2.05, 4.69) is 4.98 Å². The fourth-order valence-corrected chi connectivity index (χ4v) is 3.40. The minimum atomic E-state index is -0.945. The molecule has 0 bridgehead atoms. The number of carbonyl (C=O) groups is 2. The summed E-state index contributed by atoms with van der Waals surface area (Å²) in [6.07, 6.45) is 2.62. The lowest BCUT2D eigenvalue weighted by Crippen LogP contribution is -2.41. The molecule has 0 aliphatic carbocycles. The summed E-state index contributed by atoms with van der Waals surface area (Å²) in [5.74, 6) is -2.15. The third-order valence-electron chi connectivity index (χ3n) is 4.45. The summed E-state index contributed by atoms with van der Waals surface area (Å²) in [5.41, 5.74) is 1.49. The third kappa shape index (κ3) is 3.04. The lowest BCUT2D eigenvalue weighted by atomic mass is 9.94. The van der Waals surface area contributed by atoms with Gasteiger partial charge >= 0.3 is 11.9 Å². The second-order valence-corrected chi connectivity index (χ2v) is 6.26. The van der Waals surface area contributed by atoms with E-state index in [4.69, 9.17) is 16.7 Å². The van der Waals surface area contributed by atoms with Crippen LogP contribution in [0.4, 0.5) is 0 Å². The van der Waals surface area contributed by atoms with Gasteiger partial charge in [-0.2, -0.15) is 0 Å². The summed E-state index contributed by atoms with van der Waals surface area (Å²) in [6.45, 7) is 0.891. The van der Waals surface area contributed by atoms with Crippen LogP contribution >= 0.6 is 11.6 Å². The van der Waals surface area contributed by atoms with Gasteiger partial charge in [0.15, 0.2) is 0 Å². The Hall–Kier alpha value is -2.05. The zero-order valence-corrected chi connectivity index (χ0v) is 13.1.